The number of carbonyl (C=O) groups is 1. The first-order chi connectivity index (χ1) is 16.9. The standard InChI is InChI=1S/C24H23F7N4O/c25-15-3-1-2-14(8-15)22-20-12-34(6-7-35(20)23(33-22)24(29,30)31)21(36)10-16(32)9-13-4-5-17(26)19(28)11-18(13)27/h1-3,8,11,16-17H,4-7,9-10,12,32H2. The third-order valence-electron chi connectivity index (χ3n) is 6.26. The number of halogens is 7. The Morgan fingerprint density at radius 3 is 2.64 bits per heavy atom. The highest BCUT2D eigenvalue weighted by Crippen LogP contribution is 2.36. The van der Waals surface area contributed by atoms with E-state index in [1.165, 1.54) is 17.0 Å². The van der Waals surface area contributed by atoms with Gasteiger partial charge in [-0.15, -0.1) is 0 Å². The lowest BCUT2D eigenvalue weighted by Crippen LogP contribution is -2.41. The van der Waals surface area contributed by atoms with Gasteiger partial charge in [-0.1, -0.05) is 12.1 Å². The van der Waals surface area contributed by atoms with Crippen molar-refractivity contribution in [1.82, 2.24) is 14.5 Å². The van der Waals surface area contributed by atoms with Crippen molar-refractivity contribution in [1.29, 1.82) is 0 Å². The van der Waals surface area contributed by atoms with E-state index in [0.29, 0.717) is 6.08 Å². The molecule has 0 bridgehead atoms. The Labute approximate surface area is 202 Å². The van der Waals surface area contributed by atoms with Gasteiger partial charge in [0.05, 0.1) is 17.9 Å². The minimum Gasteiger partial charge on any atom is -0.335 e. The summed E-state index contributed by atoms with van der Waals surface area (Å²) in [6, 6.07) is 4.12. The number of carbonyl (C=O) groups excluding carboxylic acids is 1. The monoisotopic (exact) mass is 516 g/mol. The van der Waals surface area contributed by atoms with Crippen LogP contribution in [0.4, 0.5) is 30.7 Å². The van der Waals surface area contributed by atoms with Crippen LogP contribution in [0.3, 0.4) is 0 Å². The maximum atomic E-state index is 14.2. The van der Waals surface area contributed by atoms with Gasteiger partial charge in [-0.3, -0.25) is 4.79 Å². The quantitative estimate of drug-likeness (QED) is 0.544. The second-order valence-electron chi connectivity index (χ2n) is 8.86. The number of imidazole rings is 1. The van der Waals surface area contributed by atoms with Gasteiger partial charge in [0.15, 0.2) is 6.17 Å². The van der Waals surface area contributed by atoms with Crippen molar-refractivity contribution in [3.05, 3.63) is 64.9 Å². The molecule has 2 unspecified atom stereocenters. The Hall–Kier alpha value is -3.15. The fraction of sp³-hybridized carbons (Fsp3) is 0.417. The van der Waals surface area contributed by atoms with Crippen LogP contribution < -0.4 is 5.73 Å². The number of nitrogens with zero attached hydrogens (tertiary/aromatic N) is 3. The van der Waals surface area contributed by atoms with E-state index >= 15 is 0 Å². The predicted octanol–water partition coefficient (Wildman–Crippen LogP) is 5.37. The molecule has 4 rings (SSSR count). The summed E-state index contributed by atoms with van der Waals surface area (Å²) in [6.07, 6.45) is -6.83. The van der Waals surface area contributed by atoms with Crippen molar-refractivity contribution in [2.24, 2.45) is 5.73 Å². The number of hydrogen-bond donors (Lipinski definition) is 1. The van der Waals surface area contributed by atoms with E-state index in [1.807, 2.05) is 0 Å². The van der Waals surface area contributed by atoms with Gasteiger partial charge in [0.1, 0.15) is 17.5 Å². The summed E-state index contributed by atoms with van der Waals surface area (Å²) in [5.41, 5.74) is 6.29. The molecule has 0 saturated carbocycles. The summed E-state index contributed by atoms with van der Waals surface area (Å²) in [4.78, 5) is 18.0. The maximum absolute atomic E-state index is 14.2. The number of benzene rings is 1. The molecule has 1 amide bonds. The van der Waals surface area contributed by atoms with E-state index in [9.17, 15) is 35.5 Å². The van der Waals surface area contributed by atoms with Gasteiger partial charge in [0, 0.05) is 37.2 Å². The Kier molecular flexibility index (Phi) is 7.26. The van der Waals surface area contributed by atoms with Gasteiger partial charge in [0.25, 0.3) is 0 Å². The Bertz CT molecular complexity index is 1220. The summed E-state index contributed by atoms with van der Waals surface area (Å²) in [5, 5.41) is 0. The normalized spacial score (nSPS) is 19.6. The van der Waals surface area contributed by atoms with Crippen molar-refractivity contribution in [3.63, 3.8) is 0 Å². The molecule has 0 fully saturated rings. The van der Waals surface area contributed by atoms with Gasteiger partial charge in [0.2, 0.25) is 11.7 Å². The first kappa shape index (κ1) is 25.9. The van der Waals surface area contributed by atoms with Crippen molar-refractivity contribution in [2.75, 3.05) is 6.54 Å². The predicted molar refractivity (Wildman–Crippen MR) is 117 cm³/mol. The highest BCUT2D eigenvalue weighted by atomic mass is 19.4. The number of nitrogens with two attached hydrogens (primary N) is 1. The second kappa shape index (κ2) is 10.1. The van der Waals surface area contributed by atoms with E-state index in [0.717, 1.165) is 16.7 Å². The van der Waals surface area contributed by atoms with Gasteiger partial charge in [-0.2, -0.15) is 13.2 Å². The zero-order chi connectivity index (χ0) is 26.2. The van der Waals surface area contributed by atoms with E-state index in [4.69, 9.17) is 5.73 Å². The summed E-state index contributed by atoms with van der Waals surface area (Å²) in [7, 11) is 0. The number of fused-ring (bicyclic) bond motifs is 1. The first-order valence-corrected chi connectivity index (χ1v) is 11.3. The molecule has 2 aliphatic rings. The molecule has 1 aliphatic carbocycles. The SMILES string of the molecule is NC(CC(=O)N1CCn2c(C(F)(F)F)nc(-c3cccc(F)c3)c2C1)CC1=C(F)C=C(F)C(F)CC1. The fourth-order valence-electron chi connectivity index (χ4n) is 4.48. The lowest BCUT2D eigenvalue weighted by atomic mass is 9.99. The third-order valence-corrected chi connectivity index (χ3v) is 6.26. The van der Waals surface area contributed by atoms with Crippen molar-refractivity contribution >= 4 is 5.91 Å². The first-order valence-electron chi connectivity index (χ1n) is 11.3. The number of aromatic nitrogens is 2. The number of rotatable bonds is 5. The summed E-state index contributed by atoms with van der Waals surface area (Å²) in [6.45, 7) is -0.445. The highest BCUT2D eigenvalue weighted by Gasteiger charge is 2.41. The molecule has 1 aromatic heterocycles. The van der Waals surface area contributed by atoms with Crippen LogP contribution in [0.1, 0.15) is 37.2 Å². The van der Waals surface area contributed by atoms with Crippen molar-refractivity contribution in [3.8, 4) is 11.3 Å². The molecule has 2 heterocycles. The van der Waals surface area contributed by atoms with Crippen molar-refractivity contribution < 1.29 is 35.5 Å². The van der Waals surface area contributed by atoms with Crippen LogP contribution in [-0.2, 0) is 24.1 Å². The molecule has 1 aliphatic heterocycles. The van der Waals surface area contributed by atoms with Crippen molar-refractivity contribution in [2.45, 2.75) is 57.2 Å². The lowest BCUT2D eigenvalue weighted by Gasteiger charge is -2.30. The Morgan fingerprint density at radius 2 is 1.94 bits per heavy atom. The number of hydrogen-bond acceptors (Lipinski definition) is 3. The fourth-order valence-corrected chi connectivity index (χ4v) is 4.48. The summed E-state index contributed by atoms with van der Waals surface area (Å²) in [5.74, 6) is -4.39. The van der Waals surface area contributed by atoms with Gasteiger partial charge in [-0.05, 0) is 37.0 Å². The van der Waals surface area contributed by atoms with E-state index in [-0.39, 0.29) is 67.8 Å². The molecule has 0 spiro atoms. The molecular formula is C24H23F7N4O. The van der Waals surface area contributed by atoms with Gasteiger partial charge < -0.3 is 15.2 Å². The average molecular weight is 516 g/mol. The largest absolute Gasteiger partial charge is 0.449 e. The van der Waals surface area contributed by atoms with Crippen LogP contribution in [0, 0.1) is 5.82 Å². The molecule has 0 saturated heterocycles. The van der Waals surface area contributed by atoms with Crippen LogP contribution in [0.5, 0.6) is 0 Å². The highest BCUT2D eigenvalue weighted by molar-refractivity contribution is 5.77. The average Bonchev–Trinajstić information content (AvgIpc) is 3.15. The molecule has 2 atom stereocenters. The van der Waals surface area contributed by atoms with Crippen LogP contribution >= 0.6 is 0 Å². The number of alkyl halides is 4. The Balaban J connectivity index is 1.52. The zero-order valence-electron chi connectivity index (χ0n) is 19.0. The molecule has 1 aromatic carbocycles. The lowest BCUT2D eigenvalue weighted by molar-refractivity contribution is -0.148. The molecule has 0 radical (unpaired) electrons. The Morgan fingerprint density at radius 1 is 1.19 bits per heavy atom. The second-order valence-corrected chi connectivity index (χ2v) is 8.86. The molecule has 194 valence electrons. The van der Waals surface area contributed by atoms with Gasteiger partial charge >= 0.3 is 6.18 Å². The molecule has 12 heteroatoms. The summed E-state index contributed by atoms with van der Waals surface area (Å²) < 4.78 is 96.7. The van der Waals surface area contributed by atoms with Crippen LogP contribution in [0.15, 0.2) is 47.6 Å². The molecule has 36 heavy (non-hydrogen) atoms. The van der Waals surface area contributed by atoms with Crippen LogP contribution in [0.2, 0.25) is 0 Å². The zero-order valence-corrected chi connectivity index (χ0v) is 19.0. The van der Waals surface area contributed by atoms with Crippen LogP contribution in [-0.4, -0.2) is 39.1 Å². The molecule has 2 aromatic rings. The van der Waals surface area contributed by atoms with Crippen LogP contribution in [0.25, 0.3) is 11.3 Å². The number of amides is 1. The van der Waals surface area contributed by atoms with Gasteiger partial charge in [-0.25, -0.2) is 22.5 Å². The maximum Gasteiger partial charge on any atom is 0.449 e. The van der Waals surface area contributed by atoms with E-state index in [1.54, 1.807) is 0 Å². The molecule has 5 nitrogen and oxygen atoms in total. The molecule has 2 N–H and O–H groups in total. The van der Waals surface area contributed by atoms with E-state index in [2.05, 4.69) is 4.98 Å². The minimum atomic E-state index is -4.75. The minimum absolute atomic E-state index is 0.0465. The summed E-state index contributed by atoms with van der Waals surface area (Å²) >= 11 is 0. The third kappa shape index (κ3) is 5.48. The number of allylic oxidation sites excluding steroid dienone is 3. The van der Waals surface area contributed by atoms with E-state index < -0.39 is 47.6 Å². The smallest absolute Gasteiger partial charge is 0.335 e. The molecular weight excluding hydrogens is 493 g/mol. The topological polar surface area (TPSA) is 64.2 Å².